The third kappa shape index (κ3) is 3.01. The number of nitrogens with zero attached hydrogens (tertiary/aromatic N) is 2. The third-order valence-electron chi connectivity index (χ3n) is 4.28. The number of carbonyl (C=O) groups excluding carboxylic acids is 1. The number of rotatable bonds is 2. The fourth-order valence-electron chi connectivity index (χ4n) is 3.16. The van der Waals surface area contributed by atoms with Crippen molar-refractivity contribution in [3.05, 3.63) is 33.9 Å². The number of hydrogen-bond acceptors (Lipinski definition) is 5. The Bertz CT molecular complexity index is 686. The number of carbonyl (C=O) groups is 1. The van der Waals surface area contributed by atoms with Gasteiger partial charge in [0.25, 0.3) is 5.69 Å². The molecule has 0 bridgehead atoms. The summed E-state index contributed by atoms with van der Waals surface area (Å²) in [6, 6.07) is 2.97. The normalized spacial score (nSPS) is 20.3. The Morgan fingerprint density at radius 3 is 2.58 bits per heavy atom. The summed E-state index contributed by atoms with van der Waals surface area (Å²) in [5.74, 6) is -0.0978. The molecule has 0 unspecified atom stereocenters. The van der Waals surface area contributed by atoms with Gasteiger partial charge in [0.05, 0.1) is 10.5 Å². The van der Waals surface area contributed by atoms with E-state index in [2.05, 4.69) is 10.6 Å². The lowest BCUT2D eigenvalue weighted by Crippen LogP contribution is -2.69. The van der Waals surface area contributed by atoms with Gasteiger partial charge in [0, 0.05) is 44.4 Å². The van der Waals surface area contributed by atoms with Gasteiger partial charge in [-0.3, -0.25) is 14.9 Å². The highest BCUT2D eigenvalue weighted by atomic mass is 19.4. The zero-order valence-corrected chi connectivity index (χ0v) is 12.5. The molecule has 0 aliphatic carbocycles. The molecule has 1 amide bonds. The molecular weight excluding hydrogens is 329 g/mol. The van der Waals surface area contributed by atoms with Crippen LogP contribution in [0.25, 0.3) is 0 Å². The Morgan fingerprint density at radius 2 is 1.96 bits per heavy atom. The molecule has 7 nitrogen and oxygen atoms in total. The smallest absolute Gasteiger partial charge is 0.368 e. The average molecular weight is 344 g/mol. The molecule has 24 heavy (non-hydrogen) atoms. The molecule has 0 radical (unpaired) electrons. The van der Waals surface area contributed by atoms with E-state index in [4.69, 9.17) is 0 Å². The van der Waals surface area contributed by atoms with Gasteiger partial charge in [0.15, 0.2) is 0 Å². The van der Waals surface area contributed by atoms with E-state index in [1.165, 1.54) is 6.07 Å². The minimum Gasteiger partial charge on any atom is -0.368 e. The molecule has 2 heterocycles. The predicted molar refractivity (Wildman–Crippen MR) is 78.7 cm³/mol. The Balaban J connectivity index is 1.82. The second kappa shape index (κ2) is 5.62. The molecule has 3 rings (SSSR count). The Labute approximate surface area is 135 Å². The first kappa shape index (κ1) is 16.5. The molecule has 0 atom stereocenters. The highest BCUT2D eigenvalue weighted by molar-refractivity contribution is 5.78. The van der Waals surface area contributed by atoms with Crippen LogP contribution in [0, 0.1) is 10.1 Å². The van der Waals surface area contributed by atoms with Crippen LogP contribution in [-0.2, 0) is 11.0 Å². The number of amides is 1. The Hall–Kier alpha value is -2.36. The summed E-state index contributed by atoms with van der Waals surface area (Å²) in [6.45, 7) is 1.84. The zero-order chi connectivity index (χ0) is 17.5. The Kier molecular flexibility index (Phi) is 3.86. The van der Waals surface area contributed by atoms with E-state index in [0.717, 1.165) is 12.1 Å². The SMILES string of the molecule is O=C1CC2(CN(c3ccc([N+](=O)[O-])c(C(F)(F)F)c3)C2)NCCN1. The van der Waals surface area contributed by atoms with Gasteiger partial charge in [-0.25, -0.2) is 0 Å². The number of nitrogens with one attached hydrogen (secondary N) is 2. The van der Waals surface area contributed by atoms with E-state index in [1.54, 1.807) is 4.90 Å². The molecule has 2 aliphatic rings. The summed E-state index contributed by atoms with van der Waals surface area (Å²) in [5.41, 5.74) is -2.43. The van der Waals surface area contributed by atoms with E-state index in [9.17, 15) is 28.1 Å². The van der Waals surface area contributed by atoms with Gasteiger partial charge >= 0.3 is 6.18 Å². The van der Waals surface area contributed by atoms with Crippen molar-refractivity contribution in [2.75, 3.05) is 31.1 Å². The van der Waals surface area contributed by atoms with E-state index in [1.807, 2.05) is 0 Å². The van der Waals surface area contributed by atoms with Gasteiger partial charge in [-0.15, -0.1) is 0 Å². The van der Waals surface area contributed by atoms with Crippen LogP contribution in [-0.4, -0.2) is 42.5 Å². The van der Waals surface area contributed by atoms with E-state index in [-0.39, 0.29) is 18.0 Å². The molecule has 1 aromatic rings. The van der Waals surface area contributed by atoms with Gasteiger partial charge in [-0.05, 0) is 12.1 Å². The minimum atomic E-state index is -4.80. The van der Waals surface area contributed by atoms with E-state index < -0.39 is 27.9 Å². The molecule has 0 aromatic heterocycles. The van der Waals surface area contributed by atoms with Gasteiger partial charge in [0.1, 0.15) is 5.56 Å². The molecule has 10 heteroatoms. The molecule has 2 fully saturated rings. The van der Waals surface area contributed by atoms with Crippen LogP contribution in [0.5, 0.6) is 0 Å². The first-order chi connectivity index (χ1) is 11.2. The van der Waals surface area contributed by atoms with Gasteiger partial charge in [0.2, 0.25) is 5.91 Å². The van der Waals surface area contributed by atoms with Crippen molar-refractivity contribution in [2.24, 2.45) is 0 Å². The summed E-state index contributed by atoms with van der Waals surface area (Å²) in [7, 11) is 0. The van der Waals surface area contributed by atoms with Crippen molar-refractivity contribution in [3.63, 3.8) is 0 Å². The molecular formula is C14H15F3N4O3. The van der Waals surface area contributed by atoms with Crippen molar-refractivity contribution < 1.29 is 22.9 Å². The van der Waals surface area contributed by atoms with Crippen molar-refractivity contribution in [1.82, 2.24) is 10.6 Å². The second-order valence-electron chi connectivity index (χ2n) is 6.05. The Morgan fingerprint density at radius 1 is 1.25 bits per heavy atom. The fourth-order valence-corrected chi connectivity index (χ4v) is 3.16. The maximum Gasteiger partial charge on any atom is 0.423 e. The lowest BCUT2D eigenvalue weighted by Gasteiger charge is -2.51. The largest absolute Gasteiger partial charge is 0.423 e. The quantitative estimate of drug-likeness (QED) is 0.623. The lowest BCUT2D eigenvalue weighted by molar-refractivity contribution is -0.388. The van der Waals surface area contributed by atoms with Gasteiger partial charge < -0.3 is 15.5 Å². The number of benzene rings is 1. The summed E-state index contributed by atoms with van der Waals surface area (Å²) in [6.07, 6.45) is -4.55. The highest BCUT2D eigenvalue weighted by Crippen LogP contribution is 2.40. The molecule has 0 saturated carbocycles. The van der Waals surface area contributed by atoms with Gasteiger partial charge in [-0.2, -0.15) is 13.2 Å². The van der Waals surface area contributed by atoms with E-state index >= 15 is 0 Å². The van der Waals surface area contributed by atoms with Gasteiger partial charge in [-0.1, -0.05) is 0 Å². The second-order valence-corrected chi connectivity index (χ2v) is 6.05. The summed E-state index contributed by atoms with van der Waals surface area (Å²) < 4.78 is 39.1. The van der Waals surface area contributed by atoms with Crippen LogP contribution >= 0.6 is 0 Å². The maximum absolute atomic E-state index is 13.0. The first-order valence-electron chi connectivity index (χ1n) is 7.33. The van der Waals surface area contributed by atoms with Crippen LogP contribution in [0.1, 0.15) is 12.0 Å². The lowest BCUT2D eigenvalue weighted by atomic mass is 9.85. The monoisotopic (exact) mass is 344 g/mol. The number of nitro groups is 1. The van der Waals surface area contributed by atoms with Crippen molar-refractivity contribution in [3.8, 4) is 0 Å². The van der Waals surface area contributed by atoms with E-state index in [0.29, 0.717) is 26.2 Å². The first-order valence-corrected chi connectivity index (χ1v) is 7.33. The third-order valence-corrected chi connectivity index (χ3v) is 4.28. The topological polar surface area (TPSA) is 87.5 Å². The minimum absolute atomic E-state index is 0.0978. The molecule has 2 saturated heterocycles. The zero-order valence-electron chi connectivity index (χ0n) is 12.5. The summed E-state index contributed by atoms with van der Waals surface area (Å²) in [5, 5.41) is 16.8. The number of nitro benzene ring substituents is 1. The van der Waals surface area contributed by atoms with Crippen LogP contribution in [0.15, 0.2) is 18.2 Å². The maximum atomic E-state index is 13.0. The van der Waals surface area contributed by atoms with Crippen LogP contribution < -0.4 is 15.5 Å². The average Bonchev–Trinajstić information content (AvgIpc) is 2.66. The van der Waals surface area contributed by atoms with Crippen LogP contribution in [0.2, 0.25) is 0 Å². The highest BCUT2D eigenvalue weighted by Gasteiger charge is 2.46. The van der Waals surface area contributed by atoms with Crippen LogP contribution in [0.4, 0.5) is 24.5 Å². The number of hydrogen-bond donors (Lipinski definition) is 2. The van der Waals surface area contributed by atoms with Crippen molar-refractivity contribution in [1.29, 1.82) is 0 Å². The fraction of sp³-hybridized carbons (Fsp3) is 0.500. The molecule has 1 aromatic carbocycles. The number of alkyl halides is 3. The molecule has 1 spiro atoms. The molecule has 2 aliphatic heterocycles. The number of halogens is 3. The van der Waals surface area contributed by atoms with Crippen molar-refractivity contribution in [2.45, 2.75) is 18.1 Å². The standard InChI is InChI=1S/C14H15F3N4O3/c15-14(16,17)10-5-9(1-2-11(10)21(23)24)20-7-13(8-20)6-12(22)18-3-4-19-13/h1-2,5,19H,3-4,6-8H2,(H,18,22). The predicted octanol–water partition coefficient (Wildman–Crippen LogP) is 1.28. The molecule has 2 N–H and O–H groups in total. The number of anilines is 1. The summed E-state index contributed by atoms with van der Waals surface area (Å²) >= 11 is 0. The van der Waals surface area contributed by atoms with Crippen molar-refractivity contribution >= 4 is 17.3 Å². The van der Waals surface area contributed by atoms with Crippen LogP contribution in [0.3, 0.4) is 0 Å². The summed E-state index contributed by atoms with van der Waals surface area (Å²) in [4.78, 5) is 23.1. The molecule has 130 valence electrons.